The molecule has 1 aliphatic rings. The molecule has 0 aliphatic carbocycles. The third-order valence-electron chi connectivity index (χ3n) is 3.16. The van der Waals surface area contributed by atoms with Crippen LogP contribution in [0.3, 0.4) is 0 Å². The van der Waals surface area contributed by atoms with Gasteiger partial charge in [-0.1, -0.05) is 11.8 Å². The maximum absolute atomic E-state index is 11.9. The van der Waals surface area contributed by atoms with Gasteiger partial charge < -0.3 is 10.2 Å². The van der Waals surface area contributed by atoms with Crippen LogP contribution in [0.4, 0.5) is 9.93 Å². The molecule has 22 heavy (non-hydrogen) atoms. The minimum absolute atomic E-state index is 0.0564. The molecule has 0 unspecified atom stereocenters. The molecule has 2 amide bonds. The first kappa shape index (κ1) is 15.0. The Bertz CT molecular complexity index is 674. The fourth-order valence-electron chi connectivity index (χ4n) is 2.03. The quantitative estimate of drug-likeness (QED) is 0.910. The minimum atomic E-state index is -0.128. The highest BCUT2D eigenvalue weighted by molar-refractivity contribution is 8.13. The smallest absolute Gasteiger partial charge is 0.281 e. The number of thioether (sulfide) groups is 1. The molecule has 1 aliphatic heterocycles. The average molecular weight is 334 g/mol. The number of anilines is 1. The summed E-state index contributed by atoms with van der Waals surface area (Å²) in [5, 5.41) is 5.27. The third kappa shape index (κ3) is 3.63. The van der Waals surface area contributed by atoms with Crippen LogP contribution in [-0.4, -0.2) is 44.9 Å². The second-order valence-electron chi connectivity index (χ2n) is 4.68. The van der Waals surface area contributed by atoms with Gasteiger partial charge in [0, 0.05) is 48.6 Å². The average Bonchev–Trinajstić information content (AvgIpc) is 3.15. The molecule has 2 aromatic rings. The zero-order valence-corrected chi connectivity index (χ0v) is 13.3. The molecule has 1 saturated heterocycles. The first-order valence-electron chi connectivity index (χ1n) is 6.80. The Hall–Kier alpha value is -1.93. The Kier molecular flexibility index (Phi) is 4.69. The van der Waals surface area contributed by atoms with E-state index in [-0.39, 0.29) is 17.6 Å². The number of amides is 2. The van der Waals surface area contributed by atoms with Crippen LogP contribution in [0.2, 0.25) is 0 Å². The van der Waals surface area contributed by atoms with Crippen molar-refractivity contribution in [2.75, 3.05) is 24.2 Å². The van der Waals surface area contributed by atoms with E-state index in [0.29, 0.717) is 11.7 Å². The molecule has 6 nitrogen and oxygen atoms in total. The van der Waals surface area contributed by atoms with E-state index in [2.05, 4.69) is 15.3 Å². The predicted molar refractivity (Wildman–Crippen MR) is 88.0 cm³/mol. The molecule has 1 fully saturated rings. The van der Waals surface area contributed by atoms with Gasteiger partial charge in [0.05, 0.1) is 5.69 Å². The van der Waals surface area contributed by atoms with Gasteiger partial charge in [0.2, 0.25) is 5.91 Å². The van der Waals surface area contributed by atoms with Gasteiger partial charge >= 0.3 is 0 Å². The summed E-state index contributed by atoms with van der Waals surface area (Å²) in [5.74, 6) is 0.679. The number of thiazole rings is 1. The largest absolute Gasteiger partial charge is 0.332 e. The van der Waals surface area contributed by atoms with E-state index in [9.17, 15) is 9.59 Å². The minimum Gasteiger partial charge on any atom is -0.332 e. The highest BCUT2D eigenvalue weighted by Crippen LogP contribution is 2.24. The van der Waals surface area contributed by atoms with Gasteiger partial charge in [-0.25, -0.2) is 4.98 Å². The summed E-state index contributed by atoms with van der Waals surface area (Å²) in [4.78, 5) is 33.5. The molecule has 2 aromatic heterocycles. The van der Waals surface area contributed by atoms with Crippen molar-refractivity contribution < 1.29 is 9.59 Å². The molecular weight excluding hydrogens is 320 g/mol. The van der Waals surface area contributed by atoms with Crippen molar-refractivity contribution >= 4 is 39.4 Å². The number of hydrogen-bond acceptors (Lipinski definition) is 6. The molecule has 8 heteroatoms. The molecule has 0 aromatic carbocycles. The van der Waals surface area contributed by atoms with Crippen molar-refractivity contribution in [1.82, 2.24) is 14.9 Å². The van der Waals surface area contributed by atoms with Crippen LogP contribution in [-0.2, 0) is 4.79 Å². The van der Waals surface area contributed by atoms with Crippen molar-refractivity contribution in [3.05, 3.63) is 29.9 Å². The van der Waals surface area contributed by atoms with E-state index < -0.39 is 0 Å². The Morgan fingerprint density at radius 2 is 2.36 bits per heavy atom. The van der Waals surface area contributed by atoms with Gasteiger partial charge in [0.15, 0.2) is 5.13 Å². The number of rotatable bonds is 5. The van der Waals surface area contributed by atoms with E-state index >= 15 is 0 Å². The van der Waals surface area contributed by atoms with E-state index in [0.717, 1.165) is 23.6 Å². The Labute approximate surface area is 136 Å². The highest BCUT2D eigenvalue weighted by Gasteiger charge is 2.21. The standard InChI is InChI=1S/C14H14N4O2S2/c19-12(3-5-18-6-7-21-14(18)20)17-13-16-11(9-22-13)10-2-1-4-15-8-10/h1-2,4,8-9H,3,5-7H2,(H,16,17,19). The molecule has 0 saturated carbocycles. The lowest BCUT2D eigenvalue weighted by atomic mass is 10.2. The molecule has 3 rings (SSSR count). The highest BCUT2D eigenvalue weighted by atomic mass is 32.2. The first-order chi connectivity index (χ1) is 10.7. The second-order valence-corrected chi connectivity index (χ2v) is 6.58. The first-order valence-corrected chi connectivity index (χ1v) is 8.66. The zero-order valence-electron chi connectivity index (χ0n) is 11.7. The molecule has 3 heterocycles. The topological polar surface area (TPSA) is 75.2 Å². The molecule has 0 spiro atoms. The number of aromatic nitrogens is 2. The van der Waals surface area contributed by atoms with Crippen LogP contribution in [0.15, 0.2) is 29.9 Å². The van der Waals surface area contributed by atoms with Gasteiger partial charge in [0.1, 0.15) is 0 Å². The van der Waals surface area contributed by atoms with Crippen molar-refractivity contribution in [3.8, 4) is 11.3 Å². The Morgan fingerprint density at radius 3 is 3.09 bits per heavy atom. The monoisotopic (exact) mass is 334 g/mol. The molecule has 0 bridgehead atoms. The van der Waals surface area contributed by atoms with Crippen LogP contribution >= 0.6 is 23.1 Å². The number of nitrogens with zero attached hydrogens (tertiary/aromatic N) is 3. The fourth-order valence-corrected chi connectivity index (χ4v) is 3.61. The lowest BCUT2D eigenvalue weighted by molar-refractivity contribution is -0.116. The van der Waals surface area contributed by atoms with Crippen molar-refractivity contribution in [3.63, 3.8) is 0 Å². The molecule has 0 atom stereocenters. The number of pyridine rings is 1. The summed E-state index contributed by atoms with van der Waals surface area (Å²) >= 11 is 2.68. The Balaban J connectivity index is 1.54. The van der Waals surface area contributed by atoms with Crippen LogP contribution in [0.25, 0.3) is 11.3 Å². The van der Waals surface area contributed by atoms with E-state index in [1.165, 1.54) is 23.1 Å². The summed E-state index contributed by atoms with van der Waals surface area (Å²) in [5.41, 5.74) is 1.71. The van der Waals surface area contributed by atoms with Crippen molar-refractivity contribution in [1.29, 1.82) is 0 Å². The van der Waals surface area contributed by atoms with Gasteiger partial charge in [-0.15, -0.1) is 11.3 Å². The number of carbonyl (C=O) groups excluding carboxylic acids is 2. The van der Waals surface area contributed by atoms with Gasteiger partial charge in [-0.2, -0.15) is 0 Å². The van der Waals surface area contributed by atoms with E-state index in [1.807, 2.05) is 17.5 Å². The predicted octanol–water partition coefficient (Wildman–Crippen LogP) is 2.70. The lowest BCUT2D eigenvalue weighted by Gasteiger charge is -2.13. The lowest BCUT2D eigenvalue weighted by Crippen LogP contribution is -2.27. The summed E-state index contributed by atoms with van der Waals surface area (Å²) < 4.78 is 0. The van der Waals surface area contributed by atoms with E-state index in [1.54, 1.807) is 17.3 Å². The van der Waals surface area contributed by atoms with E-state index in [4.69, 9.17) is 0 Å². The SMILES string of the molecule is O=C(CCN1CCSC1=O)Nc1nc(-c2cccnc2)cs1. The maximum atomic E-state index is 11.9. The number of nitrogens with one attached hydrogen (secondary N) is 1. The van der Waals surface area contributed by atoms with Gasteiger partial charge in [-0.05, 0) is 12.1 Å². The fraction of sp³-hybridized carbons (Fsp3) is 0.286. The van der Waals surface area contributed by atoms with Crippen molar-refractivity contribution in [2.24, 2.45) is 0 Å². The molecule has 114 valence electrons. The molecular formula is C14H14N4O2S2. The summed E-state index contributed by atoms with van der Waals surface area (Å²) in [6.07, 6.45) is 3.72. The number of hydrogen-bond donors (Lipinski definition) is 1. The van der Waals surface area contributed by atoms with Crippen LogP contribution in [0.5, 0.6) is 0 Å². The van der Waals surface area contributed by atoms with Gasteiger partial charge in [0.25, 0.3) is 5.24 Å². The third-order valence-corrected chi connectivity index (χ3v) is 4.81. The summed E-state index contributed by atoms with van der Waals surface area (Å²) in [7, 11) is 0. The van der Waals surface area contributed by atoms with Crippen molar-refractivity contribution in [2.45, 2.75) is 6.42 Å². The molecule has 1 N–H and O–H groups in total. The maximum Gasteiger partial charge on any atom is 0.281 e. The summed E-state index contributed by atoms with van der Waals surface area (Å²) in [6, 6.07) is 3.77. The number of carbonyl (C=O) groups is 2. The molecule has 0 radical (unpaired) electrons. The zero-order chi connectivity index (χ0) is 15.4. The normalized spacial score (nSPS) is 14.4. The Morgan fingerprint density at radius 1 is 1.45 bits per heavy atom. The van der Waals surface area contributed by atoms with Crippen LogP contribution in [0, 0.1) is 0 Å². The van der Waals surface area contributed by atoms with Gasteiger partial charge in [-0.3, -0.25) is 14.6 Å². The van der Waals surface area contributed by atoms with Crippen LogP contribution in [0.1, 0.15) is 6.42 Å². The second kappa shape index (κ2) is 6.89. The van der Waals surface area contributed by atoms with Crippen LogP contribution < -0.4 is 5.32 Å². The summed E-state index contributed by atoms with van der Waals surface area (Å²) in [6.45, 7) is 1.18.